The summed E-state index contributed by atoms with van der Waals surface area (Å²) in [6, 6.07) is 7.75. The number of aromatic nitrogens is 2. The van der Waals surface area contributed by atoms with E-state index in [-0.39, 0.29) is 5.91 Å². The van der Waals surface area contributed by atoms with Crippen molar-refractivity contribution < 1.29 is 14.3 Å². The Hall–Kier alpha value is -2.83. The second-order valence-corrected chi connectivity index (χ2v) is 6.55. The molecule has 7 nitrogen and oxygen atoms in total. The highest BCUT2D eigenvalue weighted by Crippen LogP contribution is 2.20. The lowest BCUT2D eigenvalue weighted by atomic mass is 9.96. The predicted molar refractivity (Wildman–Crippen MR) is 103 cm³/mol. The molecular weight excluding hydrogens is 344 g/mol. The van der Waals surface area contributed by atoms with Gasteiger partial charge in [-0.1, -0.05) is 19.3 Å². The molecule has 0 atom stereocenters. The fraction of sp³-hybridized carbons (Fsp3) is 0.450. The summed E-state index contributed by atoms with van der Waals surface area (Å²) in [4.78, 5) is 20.7. The third-order valence-electron chi connectivity index (χ3n) is 4.57. The number of ether oxygens (including phenoxy) is 2. The molecule has 0 bridgehead atoms. The van der Waals surface area contributed by atoms with Gasteiger partial charge in [0.2, 0.25) is 5.95 Å². The van der Waals surface area contributed by atoms with Crippen LogP contribution in [0.15, 0.2) is 36.7 Å². The fourth-order valence-corrected chi connectivity index (χ4v) is 3.06. The molecule has 1 amide bonds. The molecule has 144 valence electrons. The van der Waals surface area contributed by atoms with E-state index in [0.717, 1.165) is 24.3 Å². The second-order valence-electron chi connectivity index (χ2n) is 6.55. The Balaban J connectivity index is 1.39. The van der Waals surface area contributed by atoms with Crippen molar-refractivity contribution in [2.45, 2.75) is 38.1 Å². The van der Waals surface area contributed by atoms with Gasteiger partial charge in [0.25, 0.3) is 5.91 Å². The van der Waals surface area contributed by atoms with Crippen molar-refractivity contribution in [2.75, 3.05) is 25.6 Å². The van der Waals surface area contributed by atoms with E-state index in [1.807, 2.05) is 24.3 Å². The van der Waals surface area contributed by atoms with Crippen LogP contribution >= 0.6 is 0 Å². The van der Waals surface area contributed by atoms with E-state index < -0.39 is 0 Å². The van der Waals surface area contributed by atoms with Gasteiger partial charge in [-0.3, -0.25) is 4.79 Å². The number of amides is 1. The average molecular weight is 370 g/mol. The lowest BCUT2D eigenvalue weighted by molar-refractivity contribution is 0.0946. The van der Waals surface area contributed by atoms with Crippen LogP contribution in [0.1, 0.15) is 42.5 Å². The monoisotopic (exact) mass is 370 g/mol. The summed E-state index contributed by atoms with van der Waals surface area (Å²) >= 11 is 0. The number of benzene rings is 1. The molecule has 1 aliphatic carbocycles. The topological polar surface area (TPSA) is 85.4 Å². The van der Waals surface area contributed by atoms with Gasteiger partial charge in [-0.15, -0.1) is 0 Å². The lowest BCUT2D eigenvalue weighted by Gasteiger charge is -2.22. The first-order valence-corrected chi connectivity index (χ1v) is 9.38. The molecule has 1 aromatic carbocycles. The van der Waals surface area contributed by atoms with Crippen molar-refractivity contribution in [2.24, 2.45) is 0 Å². The molecular formula is C20H26N4O3. The summed E-state index contributed by atoms with van der Waals surface area (Å²) in [7, 11) is 1.62. The molecule has 1 fully saturated rings. The molecule has 27 heavy (non-hydrogen) atoms. The third-order valence-corrected chi connectivity index (χ3v) is 4.57. The van der Waals surface area contributed by atoms with E-state index in [2.05, 4.69) is 20.6 Å². The maximum absolute atomic E-state index is 12.2. The molecule has 7 heteroatoms. The van der Waals surface area contributed by atoms with Crippen LogP contribution in [0.25, 0.3) is 0 Å². The van der Waals surface area contributed by atoms with Crippen LogP contribution in [-0.4, -0.2) is 42.2 Å². The van der Waals surface area contributed by atoms with E-state index >= 15 is 0 Å². The molecule has 1 aromatic heterocycles. The molecule has 3 rings (SSSR count). The first-order valence-electron chi connectivity index (χ1n) is 9.38. The number of hydrogen-bond donors (Lipinski definition) is 2. The molecule has 0 saturated heterocycles. The Kier molecular flexibility index (Phi) is 6.84. The second kappa shape index (κ2) is 9.75. The Labute approximate surface area is 159 Å². The van der Waals surface area contributed by atoms with Crippen LogP contribution in [0.2, 0.25) is 0 Å². The van der Waals surface area contributed by atoms with Crippen LogP contribution in [0, 0.1) is 0 Å². The minimum absolute atomic E-state index is 0.211. The van der Waals surface area contributed by atoms with Gasteiger partial charge in [0.1, 0.15) is 18.1 Å². The van der Waals surface area contributed by atoms with Crippen molar-refractivity contribution in [3.63, 3.8) is 0 Å². The van der Waals surface area contributed by atoms with Crippen molar-refractivity contribution in [3.05, 3.63) is 42.2 Å². The van der Waals surface area contributed by atoms with Gasteiger partial charge in [-0.05, 0) is 37.1 Å². The summed E-state index contributed by atoms with van der Waals surface area (Å²) in [5.41, 5.74) is 0.439. The number of nitrogens with zero attached hydrogens (tertiary/aromatic N) is 2. The number of nitrogens with one attached hydrogen (secondary N) is 2. The zero-order valence-electron chi connectivity index (χ0n) is 15.6. The number of anilines is 1. The number of rotatable bonds is 8. The SMILES string of the molecule is COc1ccc(OCCNC(=O)c2cnc(NC3CCCCC3)nc2)cc1. The summed E-state index contributed by atoms with van der Waals surface area (Å²) in [5.74, 6) is 1.88. The van der Waals surface area contributed by atoms with Gasteiger partial charge in [0.15, 0.2) is 0 Å². The molecule has 1 aliphatic rings. The van der Waals surface area contributed by atoms with E-state index in [0.29, 0.717) is 30.7 Å². The molecule has 0 unspecified atom stereocenters. The summed E-state index contributed by atoms with van der Waals surface area (Å²) in [5, 5.41) is 6.15. The third kappa shape index (κ3) is 5.84. The number of carbonyl (C=O) groups excluding carboxylic acids is 1. The minimum atomic E-state index is -0.211. The van der Waals surface area contributed by atoms with Crippen LogP contribution in [0.5, 0.6) is 11.5 Å². The Bertz CT molecular complexity index is 713. The maximum atomic E-state index is 12.2. The molecule has 0 radical (unpaired) electrons. The van der Waals surface area contributed by atoms with E-state index in [4.69, 9.17) is 9.47 Å². The van der Waals surface area contributed by atoms with Gasteiger partial charge in [-0.2, -0.15) is 0 Å². The molecule has 0 aliphatic heterocycles. The van der Waals surface area contributed by atoms with E-state index in [1.54, 1.807) is 19.5 Å². The normalized spacial score (nSPS) is 14.4. The fourth-order valence-electron chi connectivity index (χ4n) is 3.06. The van der Waals surface area contributed by atoms with Crippen molar-refractivity contribution in [3.8, 4) is 11.5 Å². The standard InChI is InChI=1S/C20H26N4O3/c1-26-17-7-9-18(10-8-17)27-12-11-21-19(25)15-13-22-20(23-14-15)24-16-5-3-2-4-6-16/h7-10,13-14,16H,2-6,11-12H2,1H3,(H,21,25)(H,22,23,24). The van der Waals surface area contributed by atoms with Gasteiger partial charge < -0.3 is 20.1 Å². The molecule has 2 aromatic rings. The number of hydrogen-bond acceptors (Lipinski definition) is 6. The quantitative estimate of drug-likeness (QED) is 0.695. The zero-order chi connectivity index (χ0) is 18.9. The minimum Gasteiger partial charge on any atom is -0.497 e. The van der Waals surface area contributed by atoms with Crippen molar-refractivity contribution >= 4 is 11.9 Å². The first-order chi connectivity index (χ1) is 13.2. The Morgan fingerprint density at radius 3 is 2.41 bits per heavy atom. The van der Waals surface area contributed by atoms with Gasteiger partial charge in [0.05, 0.1) is 19.2 Å². The van der Waals surface area contributed by atoms with Crippen LogP contribution in [-0.2, 0) is 0 Å². The van der Waals surface area contributed by atoms with Crippen molar-refractivity contribution in [1.82, 2.24) is 15.3 Å². The summed E-state index contributed by atoms with van der Waals surface area (Å²) < 4.78 is 10.7. The highest BCUT2D eigenvalue weighted by Gasteiger charge is 2.14. The number of carbonyl (C=O) groups is 1. The van der Waals surface area contributed by atoms with E-state index in [1.165, 1.54) is 19.3 Å². The van der Waals surface area contributed by atoms with Crippen LogP contribution in [0.3, 0.4) is 0 Å². The van der Waals surface area contributed by atoms with Crippen molar-refractivity contribution in [1.29, 1.82) is 0 Å². The molecule has 1 heterocycles. The zero-order valence-corrected chi connectivity index (χ0v) is 15.6. The lowest BCUT2D eigenvalue weighted by Crippen LogP contribution is -2.28. The number of methoxy groups -OCH3 is 1. The highest BCUT2D eigenvalue weighted by atomic mass is 16.5. The summed E-state index contributed by atoms with van der Waals surface area (Å²) in [6.45, 7) is 0.771. The largest absolute Gasteiger partial charge is 0.497 e. The van der Waals surface area contributed by atoms with Crippen LogP contribution in [0.4, 0.5) is 5.95 Å². The predicted octanol–water partition coefficient (Wildman–Crippen LogP) is 3.04. The van der Waals surface area contributed by atoms with Gasteiger partial charge in [-0.25, -0.2) is 9.97 Å². The van der Waals surface area contributed by atoms with Crippen LogP contribution < -0.4 is 20.1 Å². The van der Waals surface area contributed by atoms with Gasteiger partial charge >= 0.3 is 0 Å². The maximum Gasteiger partial charge on any atom is 0.254 e. The van der Waals surface area contributed by atoms with Gasteiger partial charge in [0, 0.05) is 18.4 Å². The average Bonchev–Trinajstić information content (AvgIpc) is 2.73. The Morgan fingerprint density at radius 1 is 1.07 bits per heavy atom. The molecule has 2 N–H and O–H groups in total. The smallest absolute Gasteiger partial charge is 0.254 e. The first kappa shape index (κ1) is 18.9. The Morgan fingerprint density at radius 2 is 1.74 bits per heavy atom. The van der Waals surface area contributed by atoms with E-state index in [9.17, 15) is 4.79 Å². The molecule has 0 spiro atoms. The summed E-state index contributed by atoms with van der Waals surface area (Å²) in [6.07, 6.45) is 9.21. The highest BCUT2D eigenvalue weighted by molar-refractivity contribution is 5.93. The molecule has 1 saturated carbocycles.